The van der Waals surface area contributed by atoms with Crippen molar-refractivity contribution >= 4 is 11.6 Å². The van der Waals surface area contributed by atoms with Crippen LogP contribution in [0, 0.1) is 0 Å². The Balaban J connectivity index is 1.47. The largest absolute Gasteiger partial charge is 0.454 e. The second kappa shape index (κ2) is 8.08. The van der Waals surface area contributed by atoms with Gasteiger partial charge in [0.2, 0.25) is 12.7 Å². The minimum atomic E-state index is -4.57. The number of fused-ring (bicyclic) bond motifs is 1. The molecular weight excluding hydrogens is 443 g/mol. The fourth-order valence-electron chi connectivity index (χ4n) is 4.55. The third kappa shape index (κ3) is 3.89. The maximum atomic E-state index is 14.1. The van der Waals surface area contributed by atoms with Gasteiger partial charge in [0.25, 0.3) is 0 Å². The molecule has 1 heterocycles. The first-order valence-electron chi connectivity index (χ1n) is 11.2. The highest BCUT2D eigenvalue weighted by Crippen LogP contribution is 2.51. The molecule has 34 heavy (non-hydrogen) atoms. The Bertz CT molecular complexity index is 1260. The fraction of sp³-hybridized carbons (Fsp3) is 0.296. The van der Waals surface area contributed by atoms with Crippen LogP contribution >= 0.6 is 0 Å². The van der Waals surface area contributed by atoms with Crippen molar-refractivity contribution in [3.63, 3.8) is 0 Å². The van der Waals surface area contributed by atoms with Gasteiger partial charge in [-0.15, -0.1) is 0 Å². The molecule has 1 saturated carbocycles. The highest BCUT2D eigenvalue weighted by Gasteiger charge is 2.51. The van der Waals surface area contributed by atoms with Gasteiger partial charge in [0.15, 0.2) is 11.5 Å². The van der Waals surface area contributed by atoms with E-state index in [0.29, 0.717) is 29.9 Å². The molecule has 2 aliphatic rings. The summed E-state index contributed by atoms with van der Waals surface area (Å²) in [6.45, 7) is 4.03. The van der Waals surface area contributed by atoms with E-state index in [-0.39, 0.29) is 29.9 Å². The van der Waals surface area contributed by atoms with Crippen LogP contribution in [0.5, 0.6) is 11.5 Å². The number of alkyl halides is 3. The van der Waals surface area contributed by atoms with Gasteiger partial charge in [-0.05, 0) is 65.3 Å². The molecule has 0 spiro atoms. The number of ether oxygens (including phenoxy) is 2. The van der Waals surface area contributed by atoms with Crippen LogP contribution in [0.2, 0.25) is 0 Å². The standard InChI is InChI=1S/C27H24F3NO3/c1-16(2)19-5-3-4-6-20(19)21-9-8-18(14-22(21)27(28,29)30)31-25(32)26(11-12-26)17-7-10-23-24(13-17)34-15-33-23/h3-10,13-14,16H,11-12,15H2,1-2H3,(H,31,32). The van der Waals surface area contributed by atoms with Crippen LogP contribution in [0.4, 0.5) is 18.9 Å². The van der Waals surface area contributed by atoms with Crippen molar-refractivity contribution in [1.29, 1.82) is 0 Å². The van der Waals surface area contributed by atoms with Gasteiger partial charge in [0, 0.05) is 5.69 Å². The number of halogens is 3. The molecule has 4 nitrogen and oxygen atoms in total. The number of hydrogen-bond donors (Lipinski definition) is 1. The molecule has 0 bridgehead atoms. The minimum absolute atomic E-state index is 0.0630. The SMILES string of the molecule is CC(C)c1ccccc1-c1ccc(NC(=O)C2(c3ccc4c(c3)OCO4)CC2)cc1C(F)(F)F. The first-order valence-corrected chi connectivity index (χ1v) is 11.2. The molecule has 7 heteroatoms. The molecule has 1 amide bonds. The molecule has 0 atom stereocenters. The van der Waals surface area contributed by atoms with Gasteiger partial charge in [-0.25, -0.2) is 0 Å². The molecule has 176 valence electrons. The Morgan fingerprint density at radius 3 is 2.38 bits per heavy atom. The summed E-state index contributed by atoms with van der Waals surface area (Å²) >= 11 is 0. The van der Waals surface area contributed by atoms with E-state index in [0.717, 1.165) is 17.2 Å². The molecule has 1 aliphatic heterocycles. The second-order valence-corrected chi connectivity index (χ2v) is 9.10. The molecule has 0 radical (unpaired) electrons. The number of benzene rings is 3. The fourth-order valence-corrected chi connectivity index (χ4v) is 4.55. The van der Waals surface area contributed by atoms with Crippen LogP contribution in [0.15, 0.2) is 60.7 Å². The predicted octanol–water partition coefficient (Wildman–Crippen LogP) is 6.89. The minimum Gasteiger partial charge on any atom is -0.454 e. The van der Waals surface area contributed by atoms with Gasteiger partial charge in [-0.2, -0.15) is 13.2 Å². The number of anilines is 1. The summed E-state index contributed by atoms with van der Waals surface area (Å²) in [5.41, 5.74) is 0.828. The Labute approximate surface area is 195 Å². The summed E-state index contributed by atoms with van der Waals surface area (Å²) in [6.07, 6.45) is -3.34. The maximum Gasteiger partial charge on any atom is 0.417 e. The molecule has 1 fully saturated rings. The van der Waals surface area contributed by atoms with Gasteiger partial charge in [-0.3, -0.25) is 4.79 Å². The van der Waals surface area contributed by atoms with Crippen molar-refractivity contribution in [2.75, 3.05) is 12.1 Å². The first kappa shape index (κ1) is 22.3. The zero-order valence-electron chi connectivity index (χ0n) is 18.8. The van der Waals surface area contributed by atoms with E-state index in [4.69, 9.17) is 9.47 Å². The quantitative estimate of drug-likeness (QED) is 0.444. The molecule has 0 aromatic heterocycles. The maximum absolute atomic E-state index is 14.1. The molecule has 3 aromatic rings. The summed E-state index contributed by atoms with van der Waals surface area (Å²) in [5, 5.41) is 2.73. The highest BCUT2D eigenvalue weighted by molar-refractivity contribution is 6.01. The van der Waals surface area contributed by atoms with E-state index in [1.807, 2.05) is 32.0 Å². The summed E-state index contributed by atoms with van der Waals surface area (Å²) in [5.74, 6) is 0.930. The molecule has 0 unspecified atom stereocenters. The summed E-state index contributed by atoms with van der Waals surface area (Å²) in [4.78, 5) is 13.2. The third-order valence-electron chi connectivity index (χ3n) is 6.57. The molecular formula is C27H24F3NO3. The zero-order chi connectivity index (χ0) is 24.1. The summed E-state index contributed by atoms with van der Waals surface area (Å²) in [6, 6.07) is 16.5. The average Bonchev–Trinajstić information content (AvgIpc) is 3.49. The number of carbonyl (C=O) groups excluding carboxylic acids is 1. The lowest BCUT2D eigenvalue weighted by Crippen LogP contribution is -2.28. The normalized spacial score (nSPS) is 15.9. The number of nitrogens with one attached hydrogen (secondary N) is 1. The van der Waals surface area contributed by atoms with E-state index < -0.39 is 17.2 Å². The lowest BCUT2D eigenvalue weighted by atomic mass is 9.89. The molecule has 1 aliphatic carbocycles. The van der Waals surface area contributed by atoms with Gasteiger partial charge >= 0.3 is 6.18 Å². The lowest BCUT2D eigenvalue weighted by molar-refractivity contribution is -0.137. The van der Waals surface area contributed by atoms with Gasteiger partial charge in [0.05, 0.1) is 11.0 Å². The van der Waals surface area contributed by atoms with Crippen LogP contribution < -0.4 is 14.8 Å². The molecule has 5 rings (SSSR count). The van der Waals surface area contributed by atoms with Crippen molar-refractivity contribution in [3.8, 4) is 22.6 Å². The van der Waals surface area contributed by atoms with Gasteiger partial charge in [-0.1, -0.05) is 50.2 Å². The topological polar surface area (TPSA) is 47.6 Å². The third-order valence-corrected chi connectivity index (χ3v) is 6.57. The molecule has 3 aromatic carbocycles. The summed E-state index contributed by atoms with van der Waals surface area (Å²) < 4.78 is 53.0. The Hall–Kier alpha value is -3.48. The van der Waals surface area contributed by atoms with Crippen molar-refractivity contribution < 1.29 is 27.4 Å². The highest BCUT2D eigenvalue weighted by atomic mass is 19.4. The van der Waals surface area contributed by atoms with Crippen LogP contribution in [0.1, 0.15) is 49.3 Å². The van der Waals surface area contributed by atoms with E-state index in [9.17, 15) is 18.0 Å². The smallest absolute Gasteiger partial charge is 0.417 e. The average molecular weight is 467 g/mol. The first-order chi connectivity index (χ1) is 16.2. The van der Waals surface area contributed by atoms with Gasteiger partial charge in [0.1, 0.15) is 0 Å². The van der Waals surface area contributed by atoms with Crippen LogP contribution in [0.3, 0.4) is 0 Å². The Kier molecular flexibility index (Phi) is 5.30. The molecule has 0 saturated heterocycles. The monoisotopic (exact) mass is 467 g/mol. The zero-order valence-corrected chi connectivity index (χ0v) is 18.8. The lowest BCUT2D eigenvalue weighted by Gasteiger charge is -2.20. The summed E-state index contributed by atoms with van der Waals surface area (Å²) in [7, 11) is 0. The van der Waals surface area contributed by atoms with Crippen molar-refractivity contribution in [2.24, 2.45) is 0 Å². The Morgan fingerprint density at radius 1 is 0.941 bits per heavy atom. The van der Waals surface area contributed by atoms with Gasteiger partial charge < -0.3 is 14.8 Å². The van der Waals surface area contributed by atoms with Crippen LogP contribution in [-0.4, -0.2) is 12.7 Å². The van der Waals surface area contributed by atoms with E-state index in [1.54, 1.807) is 24.3 Å². The van der Waals surface area contributed by atoms with Crippen LogP contribution in [0.25, 0.3) is 11.1 Å². The number of amides is 1. The van der Waals surface area contributed by atoms with E-state index in [1.165, 1.54) is 12.1 Å². The Morgan fingerprint density at radius 2 is 1.68 bits per heavy atom. The van der Waals surface area contributed by atoms with Crippen molar-refractivity contribution in [2.45, 2.75) is 44.2 Å². The number of hydrogen-bond acceptors (Lipinski definition) is 3. The second-order valence-electron chi connectivity index (χ2n) is 9.10. The van der Waals surface area contributed by atoms with Crippen molar-refractivity contribution in [1.82, 2.24) is 0 Å². The predicted molar refractivity (Wildman–Crippen MR) is 123 cm³/mol. The van der Waals surface area contributed by atoms with Crippen LogP contribution in [-0.2, 0) is 16.4 Å². The van der Waals surface area contributed by atoms with E-state index >= 15 is 0 Å². The van der Waals surface area contributed by atoms with Crippen molar-refractivity contribution in [3.05, 3.63) is 77.4 Å². The van der Waals surface area contributed by atoms with E-state index in [2.05, 4.69) is 5.32 Å². The number of carbonyl (C=O) groups is 1. The number of rotatable bonds is 5. The molecule has 1 N–H and O–H groups in total.